The first-order valence-corrected chi connectivity index (χ1v) is 9.68. The third-order valence-corrected chi connectivity index (χ3v) is 5.28. The summed E-state index contributed by atoms with van der Waals surface area (Å²) in [4.78, 5) is 19.3. The summed E-state index contributed by atoms with van der Waals surface area (Å²) >= 11 is 1.41. The summed E-state index contributed by atoms with van der Waals surface area (Å²) < 4.78 is 7.14. The van der Waals surface area contributed by atoms with Crippen molar-refractivity contribution in [1.82, 2.24) is 14.8 Å². The van der Waals surface area contributed by atoms with Gasteiger partial charge in [-0.05, 0) is 31.2 Å². The van der Waals surface area contributed by atoms with Gasteiger partial charge in [0.1, 0.15) is 0 Å². The van der Waals surface area contributed by atoms with Crippen molar-refractivity contribution in [2.24, 2.45) is 7.05 Å². The van der Waals surface area contributed by atoms with Crippen LogP contribution in [0.1, 0.15) is 16.1 Å². The molecule has 0 aliphatic carbocycles. The molecule has 4 rings (SSSR count). The molecule has 0 atom stereocenters. The van der Waals surface area contributed by atoms with Crippen molar-refractivity contribution in [3.05, 3.63) is 47.1 Å². The number of carbonyl (C=O) groups is 1. The van der Waals surface area contributed by atoms with Crippen molar-refractivity contribution in [2.45, 2.75) is 6.92 Å². The second-order valence-electron chi connectivity index (χ2n) is 6.44. The Labute approximate surface area is 161 Å². The number of rotatable bonds is 4. The van der Waals surface area contributed by atoms with E-state index < -0.39 is 0 Å². The molecule has 1 N–H and O–H groups in total. The Kier molecular flexibility index (Phi) is 4.91. The van der Waals surface area contributed by atoms with E-state index in [0.29, 0.717) is 10.7 Å². The summed E-state index contributed by atoms with van der Waals surface area (Å²) in [6.45, 7) is 5.18. The van der Waals surface area contributed by atoms with E-state index in [9.17, 15) is 4.79 Å². The molecule has 27 heavy (non-hydrogen) atoms. The molecule has 8 heteroatoms. The highest BCUT2D eigenvalue weighted by molar-refractivity contribution is 7.14. The normalized spacial score (nSPS) is 14.4. The molecule has 0 unspecified atom stereocenters. The molecule has 0 spiro atoms. The van der Waals surface area contributed by atoms with Crippen LogP contribution in [-0.2, 0) is 11.8 Å². The third-order valence-electron chi connectivity index (χ3n) is 4.52. The highest BCUT2D eigenvalue weighted by Crippen LogP contribution is 2.27. The Hall–Kier alpha value is -2.71. The lowest BCUT2D eigenvalue weighted by atomic mass is 10.2. The van der Waals surface area contributed by atoms with Crippen LogP contribution < -0.4 is 10.2 Å². The average Bonchev–Trinajstić information content (AvgIpc) is 3.28. The predicted molar refractivity (Wildman–Crippen MR) is 106 cm³/mol. The van der Waals surface area contributed by atoms with Crippen molar-refractivity contribution in [1.29, 1.82) is 0 Å². The molecule has 3 heterocycles. The Balaban J connectivity index is 1.44. The fourth-order valence-electron chi connectivity index (χ4n) is 3.12. The van der Waals surface area contributed by atoms with Crippen molar-refractivity contribution < 1.29 is 9.53 Å². The summed E-state index contributed by atoms with van der Waals surface area (Å²) in [5.74, 6) is -0.160. The van der Waals surface area contributed by atoms with Gasteiger partial charge in [-0.3, -0.25) is 14.8 Å². The molecule has 3 aromatic rings. The molecule has 0 radical (unpaired) electrons. The van der Waals surface area contributed by atoms with Crippen LogP contribution in [0.5, 0.6) is 0 Å². The predicted octanol–water partition coefficient (Wildman–Crippen LogP) is 2.94. The zero-order valence-electron chi connectivity index (χ0n) is 15.3. The molecule has 1 aliphatic rings. The van der Waals surface area contributed by atoms with Crippen LogP contribution in [0, 0.1) is 6.92 Å². The van der Waals surface area contributed by atoms with Gasteiger partial charge < -0.3 is 9.64 Å². The first-order valence-electron chi connectivity index (χ1n) is 8.80. The summed E-state index contributed by atoms with van der Waals surface area (Å²) in [5.41, 5.74) is 4.44. The third kappa shape index (κ3) is 3.86. The van der Waals surface area contributed by atoms with Gasteiger partial charge in [0.2, 0.25) is 0 Å². The maximum absolute atomic E-state index is 12.5. The molecule has 1 aromatic carbocycles. The van der Waals surface area contributed by atoms with Crippen LogP contribution in [0.2, 0.25) is 0 Å². The Morgan fingerprint density at radius 3 is 2.63 bits per heavy atom. The minimum absolute atomic E-state index is 0.160. The number of anilines is 2. The molecule has 1 saturated heterocycles. The molecule has 0 saturated carbocycles. The van der Waals surface area contributed by atoms with Crippen molar-refractivity contribution in [2.75, 3.05) is 36.5 Å². The summed E-state index contributed by atoms with van der Waals surface area (Å²) in [6.07, 6.45) is 1.93. The van der Waals surface area contributed by atoms with Gasteiger partial charge in [-0.1, -0.05) is 0 Å². The first kappa shape index (κ1) is 17.7. The van der Waals surface area contributed by atoms with Gasteiger partial charge in [-0.15, -0.1) is 11.3 Å². The van der Waals surface area contributed by atoms with Crippen LogP contribution in [0.4, 0.5) is 10.8 Å². The largest absolute Gasteiger partial charge is 0.378 e. The fraction of sp³-hybridized carbons (Fsp3) is 0.316. The number of aryl methyl sites for hydroxylation is 2. The zero-order chi connectivity index (χ0) is 18.8. The zero-order valence-corrected chi connectivity index (χ0v) is 16.1. The Bertz CT molecular complexity index is 941. The van der Waals surface area contributed by atoms with Crippen molar-refractivity contribution >= 4 is 28.1 Å². The van der Waals surface area contributed by atoms with Crippen LogP contribution in [0.25, 0.3) is 11.3 Å². The minimum atomic E-state index is -0.160. The summed E-state index contributed by atoms with van der Waals surface area (Å²) in [5, 5.41) is 9.73. The van der Waals surface area contributed by atoms with Gasteiger partial charge in [0.15, 0.2) is 5.13 Å². The molecule has 2 aromatic heterocycles. The van der Waals surface area contributed by atoms with E-state index in [1.807, 2.05) is 49.8 Å². The second-order valence-corrected chi connectivity index (χ2v) is 7.30. The monoisotopic (exact) mass is 383 g/mol. The van der Waals surface area contributed by atoms with E-state index in [2.05, 4.69) is 20.3 Å². The molecule has 1 fully saturated rings. The van der Waals surface area contributed by atoms with Gasteiger partial charge >= 0.3 is 0 Å². The van der Waals surface area contributed by atoms with Crippen LogP contribution >= 0.6 is 11.3 Å². The lowest BCUT2D eigenvalue weighted by Crippen LogP contribution is -2.36. The first-order chi connectivity index (χ1) is 13.1. The SMILES string of the molecule is Cc1nn(C)cc1-c1csc(NC(=O)c2ccc(N3CCOCC3)cc2)n1. The van der Waals surface area contributed by atoms with Gasteiger partial charge in [0.25, 0.3) is 5.91 Å². The molecule has 1 aliphatic heterocycles. The van der Waals surface area contributed by atoms with Crippen molar-refractivity contribution in [3.63, 3.8) is 0 Å². The number of carbonyl (C=O) groups excluding carboxylic acids is 1. The quantitative estimate of drug-likeness (QED) is 0.750. The van der Waals surface area contributed by atoms with E-state index in [1.165, 1.54) is 11.3 Å². The fourth-order valence-corrected chi connectivity index (χ4v) is 3.83. The number of aromatic nitrogens is 3. The molecule has 7 nitrogen and oxygen atoms in total. The van der Waals surface area contributed by atoms with E-state index >= 15 is 0 Å². The lowest BCUT2D eigenvalue weighted by Gasteiger charge is -2.28. The Morgan fingerprint density at radius 2 is 1.96 bits per heavy atom. The molecule has 0 bridgehead atoms. The number of ether oxygens (including phenoxy) is 1. The van der Waals surface area contributed by atoms with Crippen LogP contribution in [0.3, 0.4) is 0 Å². The van der Waals surface area contributed by atoms with Crippen molar-refractivity contribution in [3.8, 4) is 11.3 Å². The maximum atomic E-state index is 12.5. The molecule has 140 valence electrons. The smallest absolute Gasteiger partial charge is 0.257 e. The van der Waals surface area contributed by atoms with E-state index in [4.69, 9.17) is 4.74 Å². The van der Waals surface area contributed by atoms with E-state index in [-0.39, 0.29) is 5.91 Å². The maximum Gasteiger partial charge on any atom is 0.257 e. The Morgan fingerprint density at radius 1 is 1.22 bits per heavy atom. The van der Waals surface area contributed by atoms with Gasteiger partial charge in [-0.2, -0.15) is 5.10 Å². The van der Waals surface area contributed by atoms with E-state index in [0.717, 1.165) is 48.9 Å². The minimum Gasteiger partial charge on any atom is -0.378 e. The number of hydrogen-bond donors (Lipinski definition) is 1. The second kappa shape index (κ2) is 7.50. The van der Waals surface area contributed by atoms with Gasteiger partial charge in [0.05, 0.1) is 24.6 Å². The molecular weight excluding hydrogens is 362 g/mol. The highest BCUT2D eigenvalue weighted by atomic mass is 32.1. The summed E-state index contributed by atoms with van der Waals surface area (Å²) in [7, 11) is 1.88. The van der Waals surface area contributed by atoms with Gasteiger partial charge in [-0.25, -0.2) is 4.98 Å². The van der Waals surface area contributed by atoms with Gasteiger partial charge in [0, 0.05) is 48.5 Å². The lowest BCUT2D eigenvalue weighted by molar-refractivity contribution is 0.102. The molecular formula is C19H21N5O2S. The number of thiazole rings is 1. The van der Waals surface area contributed by atoms with Crippen LogP contribution in [-0.4, -0.2) is 47.0 Å². The standard InChI is InChI=1S/C19H21N5O2S/c1-13-16(11-23(2)22-13)17-12-27-19(20-17)21-18(25)14-3-5-15(6-4-14)24-7-9-26-10-8-24/h3-6,11-12H,7-10H2,1-2H3,(H,20,21,25). The highest BCUT2D eigenvalue weighted by Gasteiger charge is 2.14. The number of nitrogens with one attached hydrogen (secondary N) is 1. The van der Waals surface area contributed by atoms with E-state index in [1.54, 1.807) is 4.68 Å². The summed E-state index contributed by atoms with van der Waals surface area (Å²) in [6, 6.07) is 7.65. The number of amides is 1. The number of benzene rings is 1. The number of morpholine rings is 1. The molecule has 1 amide bonds. The van der Waals surface area contributed by atoms with Crippen LogP contribution in [0.15, 0.2) is 35.8 Å². The average molecular weight is 383 g/mol. The number of nitrogens with zero attached hydrogens (tertiary/aromatic N) is 4. The number of hydrogen-bond acceptors (Lipinski definition) is 6. The topological polar surface area (TPSA) is 72.3 Å².